The minimum atomic E-state index is -0.634. The second-order valence-corrected chi connectivity index (χ2v) is 4.63. The summed E-state index contributed by atoms with van der Waals surface area (Å²) in [7, 11) is 0. The zero-order chi connectivity index (χ0) is 10.7. The lowest BCUT2D eigenvalue weighted by molar-refractivity contribution is -0.145. The fraction of sp³-hybridized carbons (Fsp3) is 0.909. The number of carboxylic acid groups (broad SMARTS) is 1. The van der Waals surface area contributed by atoms with Gasteiger partial charge in [0.25, 0.3) is 0 Å². The summed E-state index contributed by atoms with van der Waals surface area (Å²) in [6, 6.07) is -0.250. The highest BCUT2D eigenvalue weighted by molar-refractivity contribution is 5.74. The van der Waals surface area contributed by atoms with Crippen LogP contribution in [0.15, 0.2) is 0 Å². The maximum Gasteiger partial charge on any atom is 0.321 e. The Morgan fingerprint density at radius 3 is 2.60 bits per heavy atom. The van der Waals surface area contributed by atoms with Gasteiger partial charge in [0, 0.05) is 6.54 Å². The van der Waals surface area contributed by atoms with E-state index in [1.165, 1.54) is 6.42 Å². The molecule has 0 saturated carbocycles. The summed E-state index contributed by atoms with van der Waals surface area (Å²) in [4.78, 5) is 13.5. The topological polar surface area (TPSA) is 52.6 Å². The van der Waals surface area contributed by atoms with Gasteiger partial charge in [-0.15, -0.1) is 0 Å². The highest BCUT2D eigenvalue weighted by Gasteiger charge is 2.35. The molecule has 15 heavy (non-hydrogen) atoms. The molecule has 0 bridgehead atoms. The predicted molar refractivity (Wildman–Crippen MR) is 57.8 cm³/mol. The van der Waals surface area contributed by atoms with E-state index >= 15 is 0 Å². The summed E-state index contributed by atoms with van der Waals surface area (Å²) < 4.78 is 0. The largest absolute Gasteiger partial charge is 0.480 e. The Balaban J connectivity index is 2.00. The fourth-order valence-electron chi connectivity index (χ4n) is 2.80. The molecule has 0 aromatic rings. The first-order valence-corrected chi connectivity index (χ1v) is 5.96. The van der Waals surface area contributed by atoms with Gasteiger partial charge in [0.2, 0.25) is 0 Å². The molecule has 2 fully saturated rings. The molecule has 2 atom stereocenters. The second-order valence-electron chi connectivity index (χ2n) is 4.63. The van der Waals surface area contributed by atoms with Crippen molar-refractivity contribution >= 4 is 5.97 Å². The molecule has 2 aliphatic rings. The van der Waals surface area contributed by atoms with E-state index in [0.29, 0.717) is 5.92 Å². The Hall–Kier alpha value is -0.610. The first-order valence-electron chi connectivity index (χ1n) is 5.96. The van der Waals surface area contributed by atoms with Crippen LogP contribution in [0.5, 0.6) is 0 Å². The van der Waals surface area contributed by atoms with Crippen molar-refractivity contribution in [2.75, 3.05) is 26.2 Å². The molecule has 0 aromatic heterocycles. The van der Waals surface area contributed by atoms with Crippen molar-refractivity contribution in [1.29, 1.82) is 0 Å². The molecule has 0 aromatic carbocycles. The van der Waals surface area contributed by atoms with Gasteiger partial charge in [-0.1, -0.05) is 6.42 Å². The molecule has 0 amide bonds. The van der Waals surface area contributed by atoms with Crippen molar-refractivity contribution < 1.29 is 9.90 Å². The number of carboxylic acids is 1. The van der Waals surface area contributed by atoms with Crippen LogP contribution in [-0.2, 0) is 4.79 Å². The number of hydrogen-bond acceptors (Lipinski definition) is 3. The van der Waals surface area contributed by atoms with Crippen LogP contribution in [0.25, 0.3) is 0 Å². The number of rotatable bonds is 3. The predicted octanol–water partition coefficient (Wildman–Crippen LogP) is 0.535. The van der Waals surface area contributed by atoms with Gasteiger partial charge in [-0.2, -0.15) is 0 Å². The SMILES string of the molecule is O=C(O)C(C1CCNC1)N1CCCCC1. The van der Waals surface area contributed by atoms with Gasteiger partial charge in [0.1, 0.15) is 6.04 Å². The van der Waals surface area contributed by atoms with Gasteiger partial charge >= 0.3 is 5.97 Å². The molecule has 2 saturated heterocycles. The Kier molecular flexibility index (Phi) is 3.59. The summed E-state index contributed by atoms with van der Waals surface area (Å²) in [6.07, 6.45) is 4.58. The lowest BCUT2D eigenvalue weighted by Gasteiger charge is -2.34. The molecule has 2 rings (SSSR count). The Morgan fingerprint density at radius 1 is 1.33 bits per heavy atom. The Morgan fingerprint density at radius 2 is 2.07 bits per heavy atom. The van der Waals surface area contributed by atoms with E-state index in [-0.39, 0.29) is 6.04 Å². The van der Waals surface area contributed by atoms with Crippen LogP contribution >= 0.6 is 0 Å². The third kappa shape index (κ3) is 2.49. The highest BCUT2D eigenvalue weighted by atomic mass is 16.4. The van der Waals surface area contributed by atoms with E-state index in [1.54, 1.807) is 0 Å². The maximum absolute atomic E-state index is 11.3. The average Bonchev–Trinajstić information content (AvgIpc) is 2.72. The number of likely N-dealkylation sites (tertiary alicyclic amines) is 1. The van der Waals surface area contributed by atoms with Gasteiger partial charge in [0.15, 0.2) is 0 Å². The van der Waals surface area contributed by atoms with Crippen molar-refractivity contribution in [1.82, 2.24) is 10.2 Å². The number of hydrogen-bond donors (Lipinski definition) is 2. The number of nitrogens with one attached hydrogen (secondary N) is 1. The van der Waals surface area contributed by atoms with Crippen LogP contribution in [0.2, 0.25) is 0 Å². The van der Waals surface area contributed by atoms with E-state index in [2.05, 4.69) is 10.2 Å². The molecule has 2 aliphatic heterocycles. The van der Waals surface area contributed by atoms with Crippen molar-refractivity contribution in [2.45, 2.75) is 31.7 Å². The van der Waals surface area contributed by atoms with E-state index in [0.717, 1.165) is 45.4 Å². The summed E-state index contributed by atoms with van der Waals surface area (Å²) in [5, 5.41) is 12.6. The number of carbonyl (C=O) groups is 1. The summed E-state index contributed by atoms with van der Waals surface area (Å²) in [5.41, 5.74) is 0. The van der Waals surface area contributed by atoms with Gasteiger partial charge in [-0.25, -0.2) is 0 Å². The molecule has 4 heteroatoms. The quantitative estimate of drug-likeness (QED) is 0.716. The number of aliphatic carboxylic acids is 1. The van der Waals surface area contributed by atoms with E-state index < -0.39 is 5.97 Å². The minimum absolute atomic E-state index is 0.250. The molecule has 2 unspecified atom stereocenters. The van der Waals surface area contributed by atoms with Crippen LogP contribution in [0.1, 0.15) is 25.7 Å². The zero-order valence-corrected chi connectivity index (χ0v) is 9.11. The molecule has 4 nitrogen and oxygen atoms in total. The summed E-state index contributed by atoms with van der Waals surface area (Å²) in [5.74, 6) is -0.328. The zero-order valence-electron chi connectivity index (χ0n) is 9.11. The molecule has 0 aliphatic carbocycles. The molecule has 0 radical (unpaired) electrons. The standard InChI is InChI=1S/C11H20N2O2/c14-11(15)10(9-4-5-12-8-9)13-6-2-1-3-7-13/h9-10,12H,1-8H2,(H,14,15). The molecule has 0 spiro atoms. The smallest absolute Gasteiger partial charge is 0.321 e. The van der Waals surface area contributed by atoms with Gasteiger partial charge in [0.05, 0.1) is 0 Å². The summed E-state index contributed by atoms with van der Waals surface area (Å²) in [6.45, 7) is 3.77. The van der Waals surface area contributed by atoms with Crippen molar-refractivity contribution in [3.63, 3.8) is 0 Å². The van der Waals surface area contributed by atoms with Gasteiger partial charge < -0.3 is 10.4 Å². The van der Waals surface area contributed by atoms with Gasteiger partial charge in [-0.3, -0.25) is 9.69 Å². The fourth-order valence-corrected chi connectivity index (χ4v) is 2.80. The Labute approximate surface area is 90.6 Å². The third-order valence-corrected chi connectivity index (χ3v) is 3.58. The Bertz CT molecular complexity index is 221. The van der Waals surface area contributed by atoms with Crippen molar-refractivity contribution in [3.05, 3.63) is 0 Å². The van der Waals surface area contributed by atoms with Crippen LogP contribution in [-0.4, -0.2) is 48.2 Å². The first kappa shape index (κ1) is 10.9. The molecular weight excluding hydrogens is 192 g/mol. The lowest BCUT2D eigenvalue weighted by Crippen LogP contribution is -2.49. The van der Waals surface area contributed by atoms with E-state index in [1.807, 2.05) is 0 Å². The lowest BCUT2D eigenvalue weighted by atomic mass is 9.95. The molecule has 86 valence electrons. The molecule has 2 N–H and O–H groups in total. The van der Waals surface area contributed by atoms with E-state index in [9.17, 15) is 9.90 Å². The average molecular weight is 212 g/mol. The second kappa shape index (κ2) is 4.94. The van der Waals surface area contributed by atoms with Crippen molar-refractivity contribution in [2.24, 2.45) is 5.92 Å². The third-order valence-electron chi connectivity index (χ3n) is 3.58. The van der Waals surface area contributed by atoms with E-state index in [4.69, 9.17) is 0 Å². The number of piperidine rings is 1. The highest BCUT2D eigenvalue weighted by Crippen LogP contribution is 2.22. The monoisotopic (exact) mass is 212 g/mol. The minimum Gasteiger partial charge on any atom is -0.480 e. The molecular formula is C11H20N2O2. The number of nitrogens with zero attached hydrogens (tertiary/aromatic N) is 1. The van der Waals surface area contributed by atoms with Gasteiger partial charge in [-0.05, 0) is 44.8 Å². The first-order chi connectivity index (χ1) is 7.29. The van der Waals surface area contributed by atoms with Crippen molar-refractivity contribution in [3.8, 4) is 0 Å². The maximum atomic E-state index is 11.3. The van der Waals surface area contributed by atoms with Crippen LogP contribution in [0.3, 0.4) is 0 Å². The van der Waals surface area contributed by atoms with Crippen LogP contribution in [0, 0.1) is 5.92 Å². The summed E-state index contributed by atoms with van der Waals surface area (Å²) >= 11 is 0. The molecule has 2 heterocycles. The van der Waals surface area contributed by atoms with Crippen LogP contribution < -0.4 is 5.32 Å². The normalized spacial score (nSPS) is 30.3. The van der Waals surface area contributed by atoms with Crippen LogP contribution in [0.4, 0.5) is 0 Å².